The third kappa shape index (κ3) is 2.80. The van der Waals surface area contributed by atoms with E-state index in [4.69, 9.17) is 0 Å². The first-order valence-corrected chi connectivity index (χ1v) is 8.08. The molecule has 0 aliphatic carbocycles. The Balaban J connectivity index is 1.86. The van der Waals surface area contributed by atoms with E-state index >= 15 is 0 Å². The molecule has 0 spiro atoms. The number of carbonyl (C=O) groups is 1. The monoisotopic (exact) mass is 306 g/mol. The number of thiophene rings is 1. The quantitative estimate of drug-likeness (QED) is 0.895. The largest absolute Gasteiger partial charge is 0.347 e. The highest BCUT2D eigenvalue weighted by Crippen LogP contribution is 2.31. The molecule has 3 nitrogen and oxygen atoms in total. The summed E-state index contributed by atoms with van der Waals surface area (Å²) in [7, 11) is 0. The van der Waals surface area contributed by atoms with E-state index in [9.17, 15) is 9.18 Å². The van der Waals surface area contributed by atoms with Gasteiger partial charge in [-0.2, -0.15) is 0 Å². The lowest BCUT2D eigenvalue weighted by Gasteiger charge is -2.30. The third-order valence-electron chi connectivity index (χ3n) is 4.25. The SMILES string of the molecule is Cc1c(C(=O)NC2CNCCC2C)sc2ccc(F)cc12. The molecule has 1 aromatic carbocycles. The first-order chi connectivity index (χ1) is 10.1. The van der Waals surface area contributed by atoms with Crippen LogP contribution in [0.1, 0.15) is 28.6 Å². The summed E-state index contributed by atoms with van der Waals surface area (Å²) in [6.07, 6.45) is 1.07. The van der Waals surface area contributed by atoms with Crippen LogP contribution < -0.4 is 10.6 Å². The molecular weight excluding hydrogens is 287 g/mol. The lowest BCUT2D eigenvalue weighted by Crippen LogP contribution is -2.50. The number of fused-ring (bicyclic) bond motifs is 1. The van der Waals surface area contributed by atoms with Crippen molar-refractivity contribution in [1.82, 2.24) is 10.6 Å². The molecule has 2 aromatic rings. The van der Waals surface area contributed by atoms with Gasteiger partial charge >= 0.3 is 0 Å². The van der Waals surface area contributed by atoms with E-state index in [1.165, 1.54) is 23.5 Å². The molecule has 0 saturated carbocycles. The van der Waals surface area contributed by atoms with Crippen molar-refractivity contribution in [3.63, 3.8) is 0 Å². The zero-order valence-electron chi connectivity index (χ0n) is 12.2. The maximum Gasteiger partial charge on any atom is 0.261 e. The van der Waals surface area contributed by atoms with Crippen LogP contribution in [0.25, 0.3) is 10.1 Å². The highest BCUT2D eigenvalue weighted by molar-refractivity contribution is 7.21. The number of hydrogen-bond donors (Lipinski definition) is 2. The third-order valence-corrected chi connectivity index (χ3v) is 5.52. The van der Waals surface area contributed by atoms with Gasteiger partial charge in [-0.1, -0.05) is 6.92 Å². The fourth-order valence-corrected chi connectivity index (χ4v) is 3.92. The van der Waals surface area contributed by atoms with Crippen molar-refractivity contribution >= 4 is 27.3 Å². The number of benzene rings is 1. The van der Waals surface area contributed by atoms with Crippen LogP contribution in [0.5, 0.6) is 0 Å². The number of aryl methyl sites for hydroxylation is 1. The van der Waals surface area contributed by atoms with Crippen LogP contribution in [0.3, 0.4) is 0 Å². The van der Waals surface area contributed by atoms with Gasteiger partial charge in [0.1, 0.15) is 5.82 Å². The van der Waals surface area contributed by atoms with Crippen molar-refractivity contribution in [1.29, 1.82) is 0 Å². The van der Waals surface area contributed by atoms with Crippen LogP contribution in [0.15, 0.2) is 18.2 Å². The van der Waals surface area contributed by atoms with Gasteiger partial charge in [0.25, 0.3) is 5.91 Å². The lowest BCUT2D eigenvalue weighted by molar-refractivity contribution is 0.0919. The van der Waals surface area contributed by atoms with Crippen molar-refractivity contribution in [2.75, 3.05) is 13.1 Å². The molecule has 5 heteroatoms. The van der Waals surface area contributed by atoms with Crippen LogP contribution in [0, 0.1) is 18.7 Å². The molecule has 0 radical (unpaired) electrons. The van der Waals surface area contributed by atoms with Gasteiger partial charge in [-0.25, -0.2) is 4.39 Å². The highest BCUT2D eigenvalue weighted by atomic mass is 32.1. The molecule has 1 aliphatic rings. The van der Waals surface area contributed by atoms with Crippen molar-refractivity contribution < 1.29 is 9.18 Å². The Labute approximate surface area is 127 Å². The maximum absolute atomic E-state index is 13.3. The van der Waals surface area contributed by atoms with Gasteiger partial charge in [0.15, 0.2) is 0 Å². The molecule has 2 N–H and O–H groups in total. The van der Waals surface area contributed by atoms with Crippen molar-refractivity contribution in [2.24, 2.45) is 5.92 Å². The zero-order valence-corrected chi connectivity index (χ0v) is 13.0. The minimum Gasteiger partial charge on any atom is -0.347 e. The molecule has 112 valence electrons. The smallest absolute Gasteiger partial charge is 0.261 e. The van der Waals surface area contributed by atoms with Crippen molar-refractivity contribution in [3.8, 4) is 0 Å². The summed E-state index contributed by atoms with van der Waals surface area (Å²) >= 11 is 1.43. The van der Waals surface area contributed by atoms with Gasteiger partial charge in [-0.3, -0.25) is 4.79 Å². The number of nitrogens with one attached hydrogen (secondary N) is 2. The standard InChI is InChI=1S/C16H19FN2OS/c1-9-5-6-18-8-13(9)19-16(20)15-10(2)12-7-11(17)3-4-14(12)21-15/h3-4,7,9,13,18H,5-6,8H2,1-2H3,(H,19,20). The number of piperidine rings is 1. The number of hydrogen-bond acceptors (Lipinski definition) is 3. The van der Waals surface area contributed by atoms with E-state index < -0.39 is 0 Å². The second kappa shape index (κ2) is 5.73. The van der Waals surface area contributed by atoms with Crippen LogP contribution in [0.2, 0.25) is 0 Å². The van der Waals surface area contributed by atoms with E-state index in [1.54, 1.807) is 6.07 Å². The van der Waals surface area contributed by atoms with Crippen LogP contribution >= 0.6 is 11.3 Å². The summed E-state index contributed by atoms with van der Waals surface area (Å²) in [6, 6.07) is 4.84. The van der Waals surface area contributed by atoms with Gasteiger partial charge < -0.3 is 10.6 Å². The van der Waals surface area contributed by atoms with Crippen LogP contribution in [-0.2, 0) is 0 Å². The molecule has 1 fully saturated rings. The summed E-state index contributed by atoms with van der Waals surface area (Å²) in [5.74, 6) is 0.164. The molecule has 0 bridgehead atoms. The predicted molar refractivity (Wildman–Crippen MR) is 84.4 cm³/mol. The van der Waals surface area contributed by atoms with E-state index in [0.717, 1.165) is 35.2 Å². The van der Waals surface area contributed by atoms with Gasteiger partial charge in [-0.15, -0.1) is 11.3 Å². The first-order valence-electron chi connectivity index (χ1n) is 7.26. The summed E-state index contributed by atoms with van der Waals surface area (Å²) in [5, 5.41) is 7.26. The second-order valence-electron chi connectivity index (χ2n) is 5.75. The van der Waals surface area contributed by atoms with Gasteiger partial charge in [0.2, 0.25) is 0 Å². The number of rotatable bonds is 2. The number of amides is 1. The number of halogens is 1. The molecule has 21 heavy (non-hydrogen) atoms. The Morgan fingerprint density at radius 2 is 2.29 bits per heavy atom. The average Bonchev–Trinajstić information content (AvgIpc) is 2.79. The first kappa shape index (κ1) is 14.5. The summed E-state index contributed by atoms with van der Waals surface area (Å²) in [6.45, 7) is 5.87. The Morgan fingerprint density at radius 3 is 3.05 bits per heavy atom. The Morgan fingerprint density at radius 1 is 1.48 bits per heavy atom. The lowest BCUT2D eigenvalue weighted by atomic mass is 9.95. The van der Waals surface area contributed by atoms with Crippen LogP contribution in [-0.4, -0.2) is 25.0 Å². The molecule has 2 heterocycles. The highest BCUT2D eigenvalue weighted by Gasteiger charge is 2.24. The van der Waals surface area contributed by atoms with Crippen LogP contribution in [0.4, 0.5) is 4.39 Å². The van der Waals surface area contributed by atoms with Crippen molar-refractivity contribution in [3.05, 3.63) is 34.5 Å². The predicted octanol–water partition coefficient (Wildman–Crippen LogP) is 3.08. The molecular formula is C16H19FN2OS. The molecule has 1 saturated heterocycles. The van der Waals surface area contributed by atoms with E-state index in [2.05, 4.69) is 17.6 Å². The normalized spacial score (nSPS) is 22.4. The Bertz CT molecular complexity index is 682. The average molecular weight is 306 g/mol. The maximum atomic E-state index is 13.3. The summed E-state index contributed by atoms with van der Waals surface area (Å²) < 4.78 is 14.3. The Hall–Kier alpha value is -1.46. The van der Waals surface area contributed by atoms with Gasteiger partial charge in [0.05, 0.1) is 4.88 Å². The Kier molecular flexibility index (Phi) is 3.95. The molecule has 2 atom stereocenters. The molecule has 2 unspecified atom stereocenters. The van der Waals surface area contributed by atoms with E-state index in [-0.39, 0.29) is 17.8 Å². The minimum atomic E-state index is -0.263. The zero-order chi connectivity index (χ0) is 15.0. The summed E-state index contributed by atoms with van der Waals surface area (Å²) in [4.78, 5) is 13.2. The molecule has 1 amide bonds. The molecule has 3 rings (SSSR count). The van der Waals surface area contributed by atoms with Gasteiger partial charge in [-0.05, 0) is 55.0 Å². The molecule has 1 aromatic heterocycles. The van der Waals surface area contributed by atoms with Gasteiger partial charge in [0, 0.05) is 17.3 Å². The topological polar surface area (TPSA) is 41.1 Å². The second-order valence-corrected chi connectivity index (χ2v) is 6.80. The number of carbonyl (C=O) groups excluding carboxylic acids is 1. The fourth-order valence-electron chi connectivity index (χ4n) is 2.83. The van der Waals surface area contributed by atoms with Crippen molar-refractivity contribution in [2.45, 2.75) is 26.3 Å². The molecule has 1 aliphatic heterocycles. The minimum absolute atomic E-state index is 0.0466. The van der Waals surface area contributed by atoms with E-state index in [0.29, 0.717) is 10.8 Å². The fraction of sp³-hybridized carbons (Fsp3) is 0.438. The summed E-state index contributed by atoms with van der Waals surface area (Å²) in [5.41, 5.74) is 0.864. The van der Waals surface area contributed by atoms with E-state index in [1.807, 2.05) is 6.92 Å².